The minimum Gasteiger partial charge on any atom is -0.394 e. The van der Waals surface area contributed by atoms with Gasteiger partial charge in [-0.15, -0.1) is 0 Å². The van der Waals surface area contributed by atoms with Gasteiger partial charge in [0.05, 0.1) is 17.7 Å². The molecule has 1 heterocycles. The maximum Gasteiger partial charge on any atom is 0.240 e. The van der Waals surface area contributed by atoms with E-state index in [9.17, 15) is 9.90 Å². The zero-order valence-electron chi connectivity index (χ0n) is 12.3. The Hall–Kier alpha value is -0.610. The molecule has 3 atom stereocenters. The van der Waals surface area contributed by atoms with E-state index in [-0.39, 0.29) is 18.1 Å². The largest absolute Gasteiger partial charge is 0.394 e. The molecule has 110 valence electrons. The molecule has 0 spiro atoms. The third kappa shape index (κ3) is 2.95. The van der Waals surface area contributed by atoms with Crippen molar-refractivity contribution in [3.8, 4) is 0 Å². The van der Waals surface area contributed by atoms with Crippen molar-refractivity contribution in [1.82, 2.24) is 10.6 Å². The number of rotatable bonds is 4. The van der Waals surface area contributed by atoms with E-state index in [2.05, 4.69) is 24.5 Å². The molecule has 1 saturated heterocycles. The smallest absolute Gasteiger partial charge is 0.240 e. The number of nitrogens with one attached hydrogen (secondary N) is 2. The Labute approximate surface area is 116 Å². The summed E-state index contributed by atoms with van der Waals surface area (Å²) in [4.78, 5) is 12.7. The molecule has 1 amide bonds. The van der Waals surface area contributed by atoms with E-state index in [1.165, 1.54) is 6.42 Å². The monoisotopic (exact) mass is 268 g/mol. The third-order valence-electron chi connectivity index (χ3n) is 5.05. The summed E-state index contributed by atoms with van der Waals surface area (Å²) in [5.74, 6) is 0.672. The van der Waals surface area contributed by atoms with Gasteiger partial charge in [-0.1, -0.05) is 26.7 Å². The fourth-order valence-electron chi connectivity index (χ4n) is 3.78. The van der Waals surface area contributed by atoms with Crippen LogP contribution >= 0.6 is 0 Å². The highest BCUT2D eigenvalue weighted by Gasteiger charge is 2.44. The number of amides is 1. The van der Waals surface area contributed by atoms with Crippen molar-refractivity contribution in [2.75, 3.05) is 13.2 Å². The topological polar surface area (TPSA) is 61.4 Å². The molecule has 0 aromatic carbocycles. The molecular weight excluding hydrogens is 240 g/mol. The Morgan fingerprint density at radius 3 is 2.74 bits per heavy atom. The fraction of sp³-hybridized carbons (Fsp3) is 0.933. The predicted molar refractivity (Wildman–Crippen MR) is 75.9 cm³/mol. The molecule has 1 saturated carbocycles. The Morgan fingerprint density at radius 2 is 2.21 bits per heavy atom. The van der Waals surface area contributed by atoms with Crippen LogP contribution in [0.25, 0.3) is 0 Å². The maximum absolute atomic E-state index is 12.7. The van der Waals surface area contributed by atoms with Gasteiger partial charge in [-0.25, -0.2) is 0 Å². The second kappa shape index (κ2) is 5.80. The van der Waals surface area contributed by atoms with Gasteiger partial charge in [-0.05, 0) is 44.6 Å². The normalized spacial score (nSPS) is 39.2. The lowest BCUT2D eigenvalue weighted by Gasteiger charge is -2.42. The molecule has 19 heavy (non-hydrogen) atoms. The molecule has 3 unspecified atom stereocenters. The number of aliphatic hydroxyl groups excluding tert-OH is 1. The van der Waals surface area contributed by atoms with Crippen LogP contribution in [0.3, 0.4) is 0 Å². The number of hydrogen-bond acceptors (Lipinski definition) is 3. The van der Waals surface area contributed by atoms with E-state index in [0.717, 1.165) is 45.1 Å². The summed E-state index contributed by atoms with van der Waals surface area (Å²) in [7, 11) is 0. The van der Waals surface area contributed by atoms with Crippen molar-refractivity contribution >= 4 is 5.91 Å². The Kier molecular flexibility index (Phi) is 4.51. The number of hydrogen-bond donors (Lipinski definition) is 3. The molecular formula is C15H28N2O2. The second-order valence-electron chi connectivity index (χ2n) is 6.56. The molecule has 1 aliphatic carbocycles. The van der Waals surface area contributed by atoms with Crippen molar-refractivity contribution in [2.45, 2.75) is 69.9 Å². The van der Waals surface area contributed by atoms with Crippen LogP contribution < -0.4 is 10.6 Å². The summed E-state index contributed by atoms with van der Waals surface area (Å²) >= 11 is 0. The quantitative estimate of drug-likeness (QED) is 0.725. The molecule has 0 bridgehead atoms. The zero-order chi connectivity index (χ0) is 13.9. The first-order valence-electron chi connectivity index (χ1n) is 7.74. The lowest BCUT2D eigenvalue weighted by atomic mass is 9.76. The van der Waals surface area contributed by atoms with Crippen LogP contribution in [0.1, 0.15) is 58.8 Å². The molecule has 4 nitrogen and oxygen atoms in total. The highest BCUT2D eigenvalue weighted by atomic mass is 16.3. The molecule has 3 N–H and O–H groups in total. The molecule has 0 radical (unpaired) electrons. The molecule has 0 aromatic heterocycles. The van der Waals surface area contributed by atoms with Gasteiger partial charge in [-0.2, -0.15) is 0 Å². The molecule has 1 aliphatic heterocycles. The summed E-state index contributed by atoms with van der Waals surface area (Å²) in [5, 5.41) is 16.3. The van der Waals surface area contributed by atoms with E-state index in [0.29, 0.717) is 5.92 Å². The standard InChI is InChI=1S/C15H28N2O2/c1-3-15(8-5-9-16-15)13(19)17-14(11-18)7-4-6-12(2)10-14/h12,16,18H,3-11H2,1-2H3,(H,17,19). The lowest BCUT2D eigenvalue weighted by molar-refractivity contribution is -0.130. The number of aliphatic hydroxyl groups is 1. The van der Waals surface area contributed by atoms with E-state index >= 15 is 0 Å². The van der Waals surface area contributed by atoms with Gasteiger partial charge in [-0.3, -0.25) is 4.79 Å². The van der Waals surface area contributed by atoms with Gasteiger partial charge < -0.3 is 15.7 Å². The van der Waals surface area contributed by atoms with Crippen molar-refractivity contribution in [3.05, 3.63) is 0 Å². The first-order valence-corrected chi connectivity index (χ1v) is 7.74. The molecule has 2 fully saturated rings. The molecule has 4 heteroatoms. The average molecular weight is 268 g/mol. The second-order valence-corrected chi connectivity index (χ2v) is 6.56. The minimum absolute atomic E-state index is 0.0584. The first-order chi connectivity index (χ1) is 9.06. The SMILES string of the molecule is CCC1(C(=O)NC2(CO)CCCC(C)C2)CCCN1. The molecule has 2 rings (SSSR count). The average Bonchev–Trinajstić information content (AvgIpc) is 2.88. The van der Waals surface area contributed by atoms with Crippen molar-refractivity contribution in [2.24, 2.45) is 5.92 Å². The van der Waals surface area contributed by atoms with Crippen LogP contribution in [-0.2, 0) is 4.79 Å². The summed E-state index contributed by atoms with van der Waals surface area (Å²) in [5.41, 5.74) is -0.788. The Bertz CT molecular complexity index is 326. The van der Waals surface area contributed by atoms with Gasteiger partial charge in [0.25, 0.3) is 0 Å². The fourth-order valence-corrected chi connectivity index (χ4v) is 3.78. The lowest BCUT2D eigenvalue weighted by Crippen LogP contribution is -2.62. The van der Waals surface area contributed by atoms with Gasteiger partial charge in [0.15, 0.2) is 0 Å². The van der Waals surface area contributed by atoms with Crippen molar-refractivity contribution in [1.29, 1.82) is 0 Å². The van der Waals surface area contributed by atoms with Crippen LogP contribution in [0, 0.1) is 5.92 Å². The van der Waals surface area contributed by atoms with Crippen LogP contribution in [0.2, 0.25) is 0 Å². The summed E-state index contributed by atoms with van der Waals surface area (Å²) < 4.78 is 0. The number of carbonyl (C=O) groups is 1. The van der Waals surface area contributed by atoms with Crippen LogP contribution in [0.5, 0.6) is 0 Å². The van der Waals surface area contributed by atoms with Crippen LogP contribution in [0.15, 0.2) is 0 Å². The van der Waals surface area contributed by atoms with Gasteiger partial charge in [0.2, 0.25) is 5.91 Å². The highest BCUT2D eigenvalue weighted by Crippen LogP contribution is 2.33. The first kappa shape index (κ1) is 14.8. The molecule has 2 aliphatic rings. The number of carbonyl (C=O) groups excluding carboxylic acids is 1. The summed E-state index contributed by atoms with van der Waals surface area (Å²) in [6.45, 7) is 5.25. The van der Waals surface area contributed by atoms with E-state index in [1.807, 2.05) is 0 Å². The van der Waals surface area contributed by atoms with Crippen molar-refractivity contribution in [3.63, 3.8) is 0 Å². The third-order valence-corrected chi connectivity index (χ3v) is 5.05. The maximum atomic E-state index is 12.7. The van der Waals surface area contributed by atoms with E-state index in [1.54, 1.807) is 0 Å². The molecule has 0 aromatic rings. The summed E-state index contributed by atoms with van der Waals surface area (Å²) in [6.07, 6.45) is 6.88. The van der Waals surface area contributed by atoms with Gasteiger partial charge >= 0.3 is 0 Å². The Balaban J connectivity index is 2.07. The summed E-state index contributed by atoms with van der Waals surface area (Å²) in [6, 6.07) is 0. The van der Waals surface area contributed by atoms with Gasteiger partial charge in [0.1, 0.15) is 0 Å². The van der Waals surface area contributed by atoms with E-state index in [4.69, 9.17) is 0 Å². The zero-order valence-corrected chi connectivity index (χ0v) is 12.3. The van der Waals surface area contributed by atoms with Crippen molar-refractivity contribution < 1.29 is 9.90 Å². The highest BCUT2D eigenvalue weighted by molar-refractivity contribution is 5.87. The Morgan fingerprint density at radius 1 is 1.42 bits per heavy atom. The van der Waals surface area contributed by atoms with Gasteiger partial charge in [0, 0.05) is 0 Å². The van der Waals surface area contributed by atoms with Crippen LogP contribution in [0.4, 0.5) is 0 Å². The van der Waals surface area contributed by atoms with Crippen LogP contribution in [-0.4, -0.2) is 35.2 Å². The predicted octanol–water partition coefficient (Wildman–Crippen LogP) is 1.58. The minimum atomic E-state index is -0.400. The van der Waals surface area contributed by atoms with E-state index < -0.39 is 5.54 Å².